The number of nitrogens with one attached hydrogen (secondary N) is 1. The van der Waals surface area contributed by atoms with E-state index in [2.05, 4.69) is 10.3 Å². The second-order valence-electron chi connectivity index (χ2n) is 7.19. The number of aryl methyl sites for hydroxylation is 1. The lowest BCUT2D eigenvalue weighted by Crippen LogP contribution is -2.10. The number of carbonyl (C=O) groups is 1. The number of anilines is 1. The monoisotopic (exact) mass is 428 g/mol. The number of halogens is 1. The summed E-state index contributed by atoms with van der Waals surface area (Å²) in [7, 11) is 0. The first-order valence-electron chi connectivity index (χ1n) is 9.70. The van der Waals surface area contributed by atoms with E-state index in [1.54, 1.807) is 36.4 Å². The van der Waals surface area contributed by atoms with Crippen LogP contribution in [0.25, 0.3) is 33.9 Å². The Morgan fingerprint density at radius 2 is 1.61 bits per heavy atom. The highest BCUT2D eigenvalue weighted by Crippen LogP contribution is 2.27. The van der Waals surface area contributed by atoms with E-state index in [-0.39, 0.29) is 11.7 Å². The highest BCUT2D eigenvalue weighted by atomic mass is 35.5. The maximum Gasteiger partial charge on any atom is 0.291 e. The Morgan fingerprint density at radius 1 is 0.871 bits per heavy atom. The van der Waals surface area contributed by atoms with Crippen LogP contribution in [0.2, 0.25) is 5.02 Å². The highest BCUT2D eigenvalue weighted by molar-refractivity contribution is 6.30. The number of amides is 1. The number of hydrogen-bond donors (Lipinski definition) is 1. The Bertz CT molecular complexity index is 1380. The van der Waals surface area contributed by atoms with Crippen molar-refractivity contribution in [2.24, 2.45) is 0 Å². The predicted octanol–water partition coefficient (Wildman–Crippen LogP) is 6.97. The highest BCUT2D eigenvalue weighted by Gasteiger charge is 2.13. The van der Waals surface area contributed by atoms with Crippen molar-refractivity contribution in [3.63, 3.8) is 0 Å². The molecule has 0 fully saturated rings. The topological polar surface area (TPSA) is 68.3 Å². The van der Waals surface area contributed by atoms with Crippen molar-refractivity contribution in [3.05, 3.63) is 95.2 Å². The maximum atomic E-state index is 12.6. The number of oxazole rings is 1. The summed E-state index contributed by atoms with van der Waals surface area (Å²) in [5, 5.41) is 3.48. The third kappa shape index (κ3) is 3.96. The summed E-state index contributed by atoms with van der Waals surface area (Å²) in [4.78, 5) is 17.1. The Morgan fingerprint density at radius 3 is 2.39 bits per heavy atom. The van der Waals surface area contributed by atoms with Crippen LogP contribution in [0, 0.1) is 6.92 Å². The van der Waals surface area contributed by atoms with Gasteiger partial charge in [0.2, 0.25) is 5.89 Å². The second-order valence-corrected chi connectivity index (χ2v) is 7.63. The molecule has 1 N–H and O–H groups in total. The van der Waals surface area contributed by atoms with Gasteiger partial charge in [-0.25, -0.2) is 4.98 Å². The van der Waals surface area contributed by atoms with Crippen molar-refractivity contribution in [1.82, 2.24) is 4.98 Å². The molecule has 0 atom stereocenters. The molecule has 5 rings (SSSR count). The summed E-state index contributed by atoms with van der Waals surface area (Å²) >= 11 is 5.92. The second kappa shape index (κ2) is 7.78. The van der Waals surface area contributed by atoms with Crippen LogP contribution in [0.5, 0.6) is 0 Å². The maximum absolute atomic E-state index is 12.6. The van der Waals surface area contributed by atoms with Gasteiger partial charge in [-0.15, -0.1) is 0 Å². The first kappa shape index (κ1) is 19.2. The van der Waals surface area contributed by atoms with E-state index in [9.17, 15) is 4.79 Å². The number of benzene rings is 3. The van der Waals surface area contributed by atoms with E-state index in [1.165, 1.54) is 0 Å². The molecule has 6 heteroatoms. The zero-order chi connectivity index (χ0) is 21.4. The molecular weight excluding hydrogens is 412 g/mol. The molecule has 0 aliphatic carbocycles. The average Bonchev–Trinajstić information content (AvgIpc) is 3.42. The SMILES string of the molecule is Cc1ccc2nc(-c3ccc(NC(=O)c4ccc(-c5ccc(Cl)cc5)o4)cc3)oc2c1. The molecule has 1 amide bonds. The van der Waals surface area contributed by atoms with Crippen molar-refractivity contribution in [2.75, 3.05) is 5.32 Å². The van der Waals surface area contributed by atoms with Crippen molar-refractivity contribution >= 4 is 34.3 Å². The third-order valence-corrected chi connectivity index (χ3v) is 5.14. The number of hydrogen-bond acceptors (Lipinski definition) is 4. The summed E-state index contributed by atoms with van der Waals surface area (Å²) in [5.74, 6) is 1.04. The molecule has 2 aromatic heterocycles. The molecule has 0 spiro atoms. The zero-order valence-corrected chi connectivity index (χ0v) is 17.3. The summed E-state index contributed by atoms with van der Waals surface area (Å²) < 4.78 is 11.6. The van der Waals surface area contributed by atoms with Crippen LogP contribution in [0.1, 0.15) is 16.1 Å². The zero-order valence-electron chi connectivity index (χ0n) is 16.6. The lowest BCUT2D eigenvalue weighted by atomic mass is 10.2. The van der Waals surface area contributed by atoms with Gasteiger partial charge < -0.3 is 14.2 Å². The minimum Gasteiger partial charge on any atom is -0.451 e. The van der Waals surface area contributed by atoms with Crippen LogP contribution in [-0.2, 0) is 0 Å². The molecule has 31 heavy (non-hydrogen) atoms. The van der Waals surface area contributed by atoms with Gasteiger partial charge in [0.1, 0.15) is 11.3 Å². The first-order valence-corrected chi connectivity index (χ1v) is 10.1. The van der Waals surface area contributed by atoms with Crippen molar-refractivity contribution in [3.8, 4) is 22.8 Å². The predicted molar refractivity (Wildman–Crippen MR) is 121 cm³/mol. The van der Waals surface area contributed by atoms with Gasteiger partial charge in [-0.1, -0.05) is 17.7 Å². The van der Waals surface area contributed by atoms with Gasteiger partial charge in [0.15, 0.2) is 11.3 Å². The average molecular weight is 429 g/mol. The van der Waals surface area contributed by atoms with Gasteiger partial charge in [-0.05, 0) is 85.3 Å². The molecule has 152 valence electrons. The van der Waals surface area contributed by atoms with Crippen LogP contribution in [0.4, 0.5) is 5.69 Å². The number of carbonyl (C=O) groups excluding carboxylic acids is 1. The van der Waals surface area contributed by atoms with E-state index < -0.39 is 0 Å². The smallest absolute Gasteiger partial charge is 0.291 e. The summed E-state index contributed by atoms with van der Waals surface area (Å²) in [6.45, 7) is 2.01. The van der Waals surface area contributed by atoms with Crippen molar-refractivity contribution < 1.29 is 13.6 Å². The van der Waals surface area contributed by atoms with E-state index in [1.807, 2.05) is 49.4 Å². The van der Waals surface area contributed by atoms with E-state index in [0.29, 0.717) is 22.4 Å². The molecule has 0 saturated carbocycles. The molecule has 3 aromatic carbocycles. The lowest BCUT2D eigenvalue weighted by molar-refractivity contribution is 0.0997. The summed E-state index contributed by atoms with van der Waals surface area (Å²) in [6.07, 6.45) is 0. The molecule has 5 nitrogen and oxygen atoms in total. The summed E-state index contributed by atoms with van der Waals surface area (Å²) in [6, 6.07) is 23.9. The van der Waals surface area contributed by atoms with Gasteiger partial charge >= 0.3 is 0 Å². The number of aromatic nitrogens is 1. The molecular formula is C25H17ClN2O3. The van der Waals surface area contributed by atoms with E-state index in [4.69, 9.17) is 20.4 Å². The van der Waals surface area contributed by atoms with E-state index in [0.717, 1.165) is 27.8 Å². The van der Waals surface area contributed by atoms with Gasteiger partial charge in [0.05, 0.1) is 0 Å². The van der Waals surface area contributed by atoms with Crippen LogP contribution >= 0.6 is 11.6 Å². The minimum atomic E-state index is -0.328. The quantitative estimate of drug-likeness (QED) is 0.335. The Kier molecular flexibility index (Phi) is 4.81. The first-order chi connectivity index (χ1) is 15.0. The third-order valence-electron chi connectivity index (χ3n) is 4.89. The lowest BCUT2D eigenvalue weighted by Gasteiger charge is -2.04. The van der Waals surface area contributed by atoms with E-state index >= 15 is 0 Å². The Hall–Kier alpha value is -3.83. The standard InChI is InChI=1S/C25H17ClN2O3/c1-15-2-11-20-23(14-15)31-25(28-20)17-5-9-19(10-6-17)27-24(29)22-13-12-21(30-22)16-3-7-18(26)8-4-16/h2-14H,1H3,(H,27,29). The van der Waals surface area contributed by atoms with Crippen LogP contribution in [-0.4, -0.2) is 10.9 Å². The molecule has 0 bridgehead atoms. The largest absolute Gasteiger partial charge is 0.451 e. The van der Waals surface area contributed by atoms with Crippen LogP contribution in [0.3, 0.4) is 0 Å². The fraction of sp³-hybridized carbons (Fsp3) is 0.0400. The van der Waals surface area contributed by atoms with Gasteiger partial charge in [0, 0.05) is 21.8 Å². The normalized spacial score (nSPS) is 11.0. The van der Waals surface area contributed by atoms with Crippen molar-refractivity contribution in [2.45, 2.75) is 6.92 Å². The number of fused-ring (bicyclic) bond motifs is 1. The summed E-state index contributed by atoms with van der Waals surface area (Å²) in [5.41, 5.74) is 5.00. The molecule has 5 aromatic rings. The van der Waals surface area contributed by atoms with Gasteiger partial charge in [-0.3, -0.25) is 4.79 Å². The molecule has 0 radical (unpaired) electrons. The van der Waals surface area contributed by atoms with Gasteiger partial charge in [0.25, 0.3) is 5.91 Å². The fourth-order valence-electron chi connectivity index (χ4n) is 3.27. The van der Waals surface area contributed by atoms with Crippen LogP contribution < -0.4 is 5.32 Å². The van der Waals surface area contributed by atoms with Crippen molar-refractivity contribution in [1.29, 1.82) is 0 Å². The molecule has 0 saturated heterocycles. The Balaban J connectivity index is 1.31. The molecule has 2 heterocycles. The molecule has 0 aliphatic rings. The fourth-order valence-corrected chi connectivity index (χ4v) is 3.40. The van der Waals surface area contributed by atoms with Gasteiger partial charge in [-0.2, -0.15) is 0 Å². The number of rotatable bonds is 4. The number of nitrogens with zero attached hydrogens (tertiary/aromatic N) is 1. The molecule has 0 aliphatic heterocycles. The minimum absolute atomic E-state index is 0.225. The molecule has 0 unspecified atom stereocenters. The number of furan rings is 1. The van der Waals surface area contributed by atoms with Crippen LogP contribution in [0.15, 0.2) is 87.7 Å². The Labute approximate surface area is 183 Å².